The summed E-state index contributed by atoms with van der Waals surface area (Å²) in [7, 11) is -2.46. The molecule has 0 aliphatic heterocycles. The summed E-state index contributed by atoms with van der Waals surface area (Å²) in [6.45, 7) is 0. The second kappa shape index (κ2) is 5.14. The Morgan fingerprint density at radius 2 is 2.10 bits per heavy atom. The summed E-state index contributed by atoms with van der Waals surface area (Å²) in [5, 5.41) is 12.9. The standard InChI is InChI=1S/C11H10ClN3O4S/c1-15-10(4-5-13-15)20(18,19)14-9-3-2-7(12)6-8(9)11(16)17/h2-6,14H,1H3,(H,16,17). The highest BCUT2D eigenvalue weighted by Crippen LogP contribution is 2.23. The number of hydrogen-bond donors (Lipinski definition) is 2. The number of sulfonamides is 1. The summed E-state index contributed by atoms with van der Waals surface area (Å²) < 4.78 is 27.7. The second-order valence-corrected chi connectivity index (χ2v) is 5.96. The van der Waals surface area contributed by atoms with Crippen molar-refractivity contribution in [3.05, 3.63) is 41.0 Å². The summed E-state index contributed by atoms with van der Waals surface area (Å²) in [6.07, 6.45) is 1.33. The van der Waals surface area contributed by atoms with Gasteiger partial charge in [-0.2, -0.15) is 13.5 Å². The Hall–Kier alpha value is -2.06. The molecule has 0 radical (unpaired) electrons. The van der Waals surface area contributed by atoms with Crippen LogP contribution in [0.5, 0.6) is 0 Å². The number of halogens is 1. The van der Waals surface area contributed by atoms with Crippen molar-refractivity contribution < 1.29 is 18.3 Å². The number of benzene rings is 1. The van der Waals surface area contributed by atoms with Crippen LogP contribution >= 0.6 is 11.6 Å². The van der Waals surface area contributed by atoms with Gasteiger partial charge in [0.1, 0.15) is 0 Å². The molecular weight excluding hydrogens is 306 g/mol. The van der Waals surface area contributed by atoms with Gasteiger partial charge in [0.15, 0.2) is 5.03 Å². The summed E-state index contributed by atoms with van der Waals surface area (Å²) in [6, 6.07) is 5.17. The molecule has 0 bridgehead atoms. The largest absolute Gasteiger partial charge is 0.478 e. The third-order valence-electron chi connectivity index (χ3n) is 2.51. The van der Waals surface area contributed by atoms with E-state index in [0.717, 1.165) is 0 Å². The third-order valence-corrected chi connectivity index (χ3v) is 4.18. The normalized spacial score (nSPS) is 11.3. The Labute approximate surface area is 119 Å². The summed E-state index contributed by atoms with van der Waals surface area (Å²) >= 11 is 5.70. The molecule has 7 nitrogen and oxygen atoms in total. The van der Waals surface area contributed by atoms with Crippen LogP contribution in [0.25, 0.3) is 0 Å². The molecule has 0 aliphatic rings. The molecule has 20 heavy (non-hydrogen) atoms. The molecule has 0 unspecified atom stereocenters. The van der Waals surface area contributed by atoms with Crippen molar-refractivity contribution >= 4 is 33.3 Å². The molecule has 0 amide bonds. The number of carbonyl (C=O) groups is 1. The fourth-order valence-electron chi connectivity index (χ4n) is 1.60. The monoisotopic (exact) mass is 315 g/mol. The zero-order chi connectivity index (χ0) is 14.9. The topological polar surface area (TPSA) is 101 Å². The van der Waals surface area contributed by atoms with Crippen LogP contribution in [0.2, 0.25) is 5.02 Å². The molecule has 9 heteroatoms. The summed E-state index contributed by atoms with van der Waals surface area (Å²) in [5.74, 6) is -1.28. The molecule has 2 rings (SSSR count). The number of rotatable bonds is 4. The Morgan fingerprint density at radius 1 is 1.40 bits per heavy atom. The molecule has 106 valence electrons. The lowest BCUT2D eigenvalue weighted by Gasteiger charge is -2.10. The van der Waals surface area contributed by atoms with E-state index in [4.69, 9.17) is 16.7 Å². The summed E-state index contributed by atoms with van der Waals surface area (Å²) in [4.78, 5) is 11.1. The van der Waals surface area contributed by atoms with Gasteiger partial charge in [0, 0.05) is 12.1 Å². The first-order chi connectivity index (χ1) is 9.31. The van der Waals surface area contributed by atoms with E-state index < -0.39 is 16.0 Å². The Morgan fingerprint density at radius 3 is 2.65 bits per heavy atom. The lowest BCUT2D eigenvalue weighted by molar-refractivity contribution is 0.0698. The van der Waals surface area contributed by atoms with Crippen molar-refractivity contribution in [3.8, 4) is 0 Å². The van der Waals surface area contributed by atoms with Gasteiger partial charge in [0.25, 0.3) is 10.0 Å². The van der Waals surface area contributed by atoms with E-state index in [0.29, 0.717) is 0 Å². The maximum atomic E-state index is 12.1. The van der Waals surface area contributed by atoms with Crippen LogP contribution < -0.4 is 4.72 Å². The predicted molar refractivity (Wildman–Crippen MR) is 72.4 cm³/mol. The number of hydrogen-bond acceptors (Lipinski definition) is 4. The van der Waals surface area contributed by atoms with E-state index >= 15 is 0 Å². The van der Waals surface area contributed by atoms with Crippen LogP contribution in [0, 0.1) is 0 Å². The third kappa shape index (κ3) is 2.75. The zero-order valence-corrected chi connectivity index (χ0v) is 11.8. The van der Waals surface area contributed by atoms with Crippen molar-refractivity contribution in [1.29, 1.82) is 0 Å². The number of carboxylic acid groups (broad SMARTS) is 1. The van der Waals surface area contributed by atoms with Crippen LogP contribution in [0.1, 0.15) is 10.4 Å². The highest BCUT2D eigenvalue weighted by atomic mass is 35.5. The van der Waals surface area contributed by atoms with Gasteiger partial charge in [-0.25, -0.2) is 4.79 Å². The van der Waals surface area contributed by atoms with Gasteiger partial charge in [-0.1, -0.05) is 11.6 Å². The van der Waals surface area contributed by atoms with Crippen LogP contribution in [0.4, 0.5) is 5.69 Å². The Bertz CT molecular complexity index is 770. The lowest BCUT2D eigenvalue weighted by atomic mass is 10.2. The maximum absolute atomic E-state index is 12.1. The minimum absolute atomic E-state index is 0.0666. The molecule has 0 aliphatic carbocycles. The van der Waals surface area contributed by atoms with Crippen molar-refractivity contribution in [3.63, 3.8) is 0 Å². The average molecular weight is 316 g/mol. The minimum Gasteiger partial charge on any atom is -0.478 e. The molecule has 1 heterocycles. The SMILES string of the molecule is Cn1nccc1S(=O)(=O)Nc1ccc(Cl)cc1C(=O)O. The highest BCUT2D eigenvalue weighted by Gasteiger charge is 2.21. The second-order valence-electron chi connectivity index (χ2n) is 3.89. The number of nitrogens with one attached hydrogen (secondary N) is 1. The fraction of sp³-hybridized carbons (Fsp3) is 0.0909. The Kier molecular flexibility index (Phi) is 3.69. The highest BCUT2D eigenvalue weighted by molar-refractivity contribution is 7.92. The van der Waals surface area contributed by atoms with Gasteiger partial charge < -0.3 is 5.11 Å². The molecular formula is C11H10ClN3O4S. The van der Waals surface area contributed by atoms with Crippen LogP contribution in [0.3, 0.4) is 0 Å². The van der Waals surface area contributed by atoms with Gasteiger partial charge in [0.05, 0.1) is 17.4 Å². The van der Waals surface area contributed by atoms with Crippen molar-refractivity contribution in [2.75, 3.05) is 4.72 Å². The quantitative estimate of drug-likeness (QED) is 0.891. The predicted octanol–water partition coefficient (Wildman–Crippen LogP) is 1.57. The van der Waals surface area contributed by atoms with Crippen LogP contribution in [0.15, 0.2) is 35.5 Å². The Balaban J connectivity index is 2.45. The van der Waals surface area contributed by atoms with Crippen LogP contribution in [-0.2, 0) is 17.1 Å². The molecule has 0 saturated heterocycles. The molecule has 0 spiro atoms. The first-order valence-corrected chi connectivity index (χ1v) is 7.21. The van der Waals surface area contributed by atoms with E-state index in [1.165, 1.54) is 42.2 Å². The average Bonchev–Trinajstić information content (AvgIpc) is 2.78. The van der Waals surface area contributed by atoms with E-state index in [1.54, 1.807) is 0 Å². The number of aromatic carboxylic acids is 1. The van der Waals surface area contributed by atoms with Crippen molar-refractivity contribution in [1.82, 2.24) is 9.78 Å². The molecule has 1 aromatic carbocycles. The summed E-state index contributed by atoms with van der Waals surface area (Å²) in [5.41, 5.74) is -0.300. The zero-order valence-electron chi connectivity index (χ0n) is 10.2. The minimum atomic E-state index is -3.93. The first-order valence-electron chi connectivity index (χ1n) is 5.35. The van der Waals surface area contributed by atoms with Gasteiger partial charge in [-0.3, -0.25) is 9.40 Å². The van der Waals surface area contributed by atoms with Crippen LogP contribution in [-0.4, -0.2) is 29.3 Å². The molecule has 0 fully saturated rings. The lowest BCUT2D eigenvalue weighted by Crippen LogP contribution is -2.18. The van der Waals surface area contributed by atoms with E-state index in [9.17, 15) is 13.2 Å². The number of anilines is 1. The maximum Gasteiger partial charge on any atom is 0.337 e. The van der Waals surface area contributed by atoms with Crippen molar-refractivity contribution in [2.45, 2.75) is 5.03 Å². The van der Waals surface area contributed by atoms with Gasteiger partial charge in [-0.05, 0) is 24.3 Å². The van der Waals surface area contributed by atoms with E-state index in [-0.39, 0.29) is 21.3 Å². The molecule has 0 atom stereocenters. The van der Waals surface area contributed by atoms with Gasteiger partial charge >= 0.3 is 5.97 Å². The number of aromatic nitrogens is 2. The molecule has 0 saturated carbocycles. The smallest absolute Gasteiger partial charge is 0.337 e. The van der Waals surface area contributed by atoms with E-state index in [1.807, 2.05) is 0 Å². The van der Waals surface area contributed by atoms with Gasteiger partial charge in [0.2, 0.25) is 0 Å². The van der Waals surface area contributed by atoms with Gasteiger partial charge in [-0.15, -0.1) is 0 Å². The first kappa shape index (κ1) is 14.4. The van der Waals surface area contributed by atoms with Crippen molar-refractivity contribution in [2.24, 2.45) is 7.05 Å². The molecule has 2 aromatic rings. The number of carboxylic acids is 1. The van der Waals surface area contributed by atoms with E-state index in [2.05, 4.69) is 9.82 Å². The number of nitrogens with zero attached hydrogens (tertiary/aromatic N) is 2. The fourth-order valence-corrected chi connectivity index (χ4v) is 2.98. The molecule has 1 aromatic heterocycles. The number of aryl methyl sites for hydroxylation is 1. The molecule has 2 N–H and O–H groups in total.